The number of nitrogens with zero attached hydrogens (tertiary/aromatic N) is 3. The fraction of sp³-hybridized carbons (Fsp3) is 0.882. The quantitative estimate of drug-likeness (QED) is 0.767. The van der Waals surface area contributed by atoms with Crippen LogP contribution < -0.4 is 0 Å². The highest BCUT2D eigenvalue weighted by Crippen LogP contribution is 2.30. The van der Waals surface area contributed by atoms with Gasteiger partial charge < -0.3 is 9.80 Å². The van der Waals surface area contributed by atoms with Crippen molar-refractivity contribution in [3.63, 3.8) is 0 Å². The second-order valence-corrected chi connectivity index (χ2v) is 7.50. The van der Waals surface area contributed by atoms with Gasteiger partial charge in [0, 0.05) is 32.7 Å². The molecule has 5 heteroatoms. The molecule has 0 N–H and O–H groups in total. The molecule has 1 aliphatic carbocycles. The van der Waals surface area contributed by atoms with Crippen LogP contribution in [0.15, 0.2) is 0 Å². The average molecular weight is 305 g/mol. The summed E-state index contributed by atoms with van der Waals surface area (Å²) in [5.41, 5.74) is 0. The third-order valence-electron chi connectivity index (χ3n) is 6.09. The van der Waals surface area contributed by atoms with Gasteiger partial charge in [0.05, 0.1) is 0 Å². The highest BCUT2D eigenvalue weighted by atomic mass is 16.2. The lowest BCUT2D eigenvalue weighted by atomic mass is 9.88. The summed E-state index contributed by atoms with van der Waals surface area (Å²) in [4.78, 5) is 31.5. The number of hydrogen-bond donors (Lipinski definition) is 0. The molecule has 0 unspecified atom stereocenters. The number of hydrogen-bond acceptors (Lipinski definition) is 3. The van der Waals surface area contributed by atoms with Gasteiger partial charge in [-0.05, 0) is 31.6 Å². The molecule has 2 amide bonds. The van der Waals surface area contributed by atoms with E-state index in [1.165, 1.54) is 32.1 Å². The molecule has 5 nitrogen and oxygen atoms in total. The molecule has 0 aromatic rings. The summed E-state index contributed by atoms with van der Waals surface area (Å²) < 4.78 is 0. The van der Waals surface area contributed by atoms with Gasteiger partial charge >= 0.3 is 0 Å². The molecule has 3 saturated heterocycles. The van der Waals surface area contributed by atoms with Gasteiger partial charge in [-0.3, -0.25) is 14.5 Å². The third kappa shape index (κ3) is 2.43. The van der Waals surface area contributed by atoms with Crippen LogP contribution in [0.5, 0.6) is 0 Å². The first-order valence-corrected chi connectivity index (χ1v) is 9.07. The van der Waals surface area contributed by atoms with Crippen molar-refractivity contribution in [2.45, 2.75) is 57.0 Å². The zero-order valence-corrected chi connectivity index (χ0v) is 13.4. The Morgan fingerprint density at radius 1 is 0.773 bits per heavy atom. The number of piperazine rings is 2. The summed E-state index contributed by atoms with van der Waals surface area (Å²) >= 11 is 0. The molecule has 1 saturated carbocycles. The SMILES string of the molecule is O=C1[C@H]2CN(CC3CCCCC3)CCN2C(=O)[C@H]2CCCN12. The van der Waals surface area contributed by atoms with Crippen LogP contribution in [0.2, 0.25) is 0 Å². The summed E-state index contributed by atoms with van der Waals surface area (Å²) in [5.74, 6) is 1.21. The van der Waals surface area contributed by atoms with Crippen molar-refractivity contribution >= 4 is 11.8 Å². The Balaban J connectivity index is 1.43. The predicted octanol–water partition coefficient (Wildman–Crippen LogP) is 1.08. The maximum absolute atomic E-state index is 12.7. The van der Waals surface area contributed by atoms with E-state index in [1.807, 2.05) is 9.80 Å². The highest BCUT2D eigenvalue weighted by molar-refractivity contribution is 5.97. The van der Waals surface area contributed by atoms with Crippen LogP contribution >= 0.6 is 0 Å². The standard InChI is InChI=1S/C17H27N3O2/c21-16-14-7-4-8-19(14)17(22)15-12-18(9-10-20(15)16)11-13-5-2-1-3-6-13/h13-15H,1-12H2/t14-,15-/m1/s1. The van der Waals surface area contributed by atoms with E-state index in [0.29, 0.717) is 0 Å². The molecule has 2 atom stereocenters. The minimum absolute atomic E-state index is 0.145. The van der Waals surface area contributed by atoms with Gasteiger partial charge in [-0.2, -0.15) is 0 Å². The van der Waals surface area contributed by atoms with Crippen LogP contribution in [-0.4, -0.2) is 71.3 Å². The molecule has 4 rings (SSSR count). The molecule has 0 spiro atoms. The number of rotatable bonds is 2. The van der Waals surface area contributed by atoms with Gasteiger partial charge in [0.2, 0.25) is 11.8 Å². The van der Waals surface area contributed by atoms with Crippen molar-refractivity contribution in [3.8, 4) is 0 Å². The van der Waals surface area contributed by atoms with E-state index < -0.39 is 0 Å². The topological polar surface area (TPSA) is 43.9 Å². The monoisotopic (exact) mass is 305 g/mol. The van der Waals surface area contributed by atoms with Gasteiger partial charge in [-0.15, -0.1) is 0 Å². The Morgan fingerprint density at radius 3 is 2.32 bits per heavy atom. The highest BCUT2D eigenvalue weighted by Gasteiger charge is 2.49. The number of amides is 2. The van der Waals surface area contributed by atoms with Gasteiger partial charge in [0.1, 0.15) is 12.1 Å². The van der Waals surface area contributed by atoms with Gasteiger partial charge in [-0.25, -0.2) is 0 Å². The van der Waals surface area contributed by atoms with Crippen molar-refractivity contribution in [3.05, 3.63) is 0 Å². The van der Waals surface area contributed by atoms with Crippen LogP contribution in [0.4, 0.5) is 0 Å². The summed E-state index contributed by atoms with van der Waals surface area (Å²) in [6.45, 7) is 4.34. The normalized spacial score (nSPS) is 34.0. The molecular weight excluding hydrogens is 278 g/mol. The van der Waals surface area contributed by atoms with Crippen molar-refractivity contribution < 1.29 is 9.59 Å². The molecule has 122 valence electrons. The first-order valence-electron chi connectivity index (χ1n) is 9.07. The number of carbonyl (C=O) groups excluding carboxylic acids is 2. The fourth-order valence-corrected chi connectivity index (χ4v) is 4.89. The lowest BCUT2D eigenvalue weighted by Crippen LogP contribution is -2.68. The molecule has 0 aromatic heterocycles. The largest absolute Gasteiger partial charge is 0.329 e. The van der Waals surface area contributed by atoms with Crippen molar-refractivity contribution in [1.82, 2.24) is 14.7 Å². The minimum atomic E-state index is -0.209. The Labute approximate surface area is 132 Å². The van der Waals surface area contributed by atoms with Crippen molar-refractivity contribution in [2.24, 2.45) is 5.92 Å². The lowest BCUT2D eigenvalue weighted by molar-refractivity contribution is -0.163. The number of carbonyl (C=O) groups is 2. The Hall–Kier alpha value is -1.10. The third-order valence-corrected chi connectivity index (χ3v) is 6.09. The Bertz CT molecular complexity index is 461. The Morgan fingerprint density at radius 2 is 1.50 bits per heavy atom. The summed E-state index contributed by atoms with van der Waals surface area (Å²) in [5, 5.41) is 0. The minimum Gasteiger partial charge on any atom is -0.329 e. The zero-order chi connectivity index (χ0) is 15.1. The smallest absolute Gasteiger partial charge is 0.247 e. The van der Waals surface area contributed by atoms with E-state index in [2.05, 4.69) is 4.90 Å². The van der Waals surface area contributed by atoms with Crippen molar-refractivity contribution in [1.29, 1.82) is 0 Å². The maximum Gasteiger partial charge on any atom is 0.247 e. The first kappa shape index (κ1) is 14.5. The van der Waals surface area contributed by atoms with E-state index in [9.17, 15) is 9.59 Å². The van der Waals surface area contributed by atoms with Crippen LogP contribution in [0.25, 0.3) is 0 Å². The molecular formula is C17H27N3O2. The van der Waals surface area contributed by atoms with Crippen LogP contribution in [0.3, 0.4) is 0 Å². The molecule has 3 aliphatic heterocycles. The second-order valence-electron chi connectivity index (χ2n) is 7.50. The van der Waals surface area contributed by atoms with Gasteiger partial charge in [-0.1, -0.05) is 19.3 Å². The summed E-state index contributed by atoms with van der Waals surface area (Å²) in [7, 11) is 0. The molecule has 22 heavy (non-hydrogen) atoms. The predicted molar refractivity (Wildman–Crippen MR) is 83.3 cm³/mol. The molecule has 4 fully saturated rings. The van der Waals surface area contributed by atoms with Crippen LogP contribution in [0, 0.1) is 5.92 Å². The van der Waals surface area contributed by atoms with Gasteiger partial charge in [0.25, 0.3) is 0 Å². The first-order chi connectivity index (χ1) is 10.7. The molecule has 0 radical (unpaired) electrons. The zero-order valence-electron chi connectivity index (χ0n) is 13.4. The maximum atomic E-state index is 12.7. The van der Waals surface area contributed by atoms with E-state index >= 15 is 0 Å². The van der Waals surface area contributed by atoms with Crippen molar-refractivity contribution in [2.75, 3.05) is 32.7 Å². The Kier molecular flexibility index (Phi) is 3.84. The molecule has 4 aliphatic rings. The van der Waals surface area contributed by atoms with E-state index in [1.54, 1.807) is 0 Å². The molecule has 0 bridgehead atoms. The second kappa shape index (κ2) is 5.84. The van der Waals surface area contributed by atoms with E-state index in [-0.39, 0.29) is 23.9 Å². The van der Waals surface area contributed by atoms with Crippen LogP contribution in [0.1, 0.15) is 44.9 Å². The lowest BCUT2D eigenvalue weighted by Gasteiger charge is -2.48. The van der Waals surface area contributed by atoms with Gasteiger partial charge in [0.15, 0.2) is 0 Å². The van der Waals surface area contributed by atoms with E-state index in [0.717, 1.165) is 51.5 Å². The number of fused-ring (bicyclic) bond motifs is 2. The van der Waals surface area contributed by atoms with Crippen LogP contribution in [-0.2, 0) is 9.59 Å². The molecule has 0 aromatic carbocycles. The summed E-state index contributed by atoms with van der Waals surface area (Å²) in [6, 6.07) is -0.354. The fourth-order valence-electron chi connectivity index (χ4n) is 4.89. The van der Waals surface area contributed by atoms with E-state index in [4.69, 9.17) is 0 Å². The molecule has 3 heterocycles. The summed E-state index contributed by atoms with van der Waals surface area (Å²) in [6.07, 6.45) is 8.63. The average Bonchev–Trinajstić information content (AvgIpc) is 3.04.